The van der Waals surface area contributed by atoms with E-state index in [-0.39, 0.29) is 6.03 Å². The number of hydrogen-bond donors (Lipinski definition) is 1. The standard InChI is InChI=1S/C19H26N4O4/c1-21-16-3-2-15(12-17(16)27-19(21)25)20-18(24)23-8-6-22(7-9-23)13-14-4-10-26-11-5-14/h2-3,12,14H,4-11,13H2,1H3,(H,20,24). The van der Waals surface area contributed by atoms with Crippen LogP contribution in [0.1, 0.15) is 12.8 Å². The monoisotopic (exact) mass is 374 g/mol. The van der Waals surface area contributed by atoms with E-state index in [1.165, 1.54) is 4.57 Å². The number of carbonyl (C=O) groups is 1. The average molecular weight is 374 g/mol. The van der Waals surface area contributed by atoms with E-state index in [1.54, 1.807) is 25.2 Å². The molecule has 146 valence electrons. The van der Waals surface area contributed by atoms with E-state index < -0.39 is 5.76 Å². The van der Waals surface area contributed by atoms with E-state index in [0.717, 1.165) is 58.8 Å². The lowest BCUT2D eigenvalue weighted by molar-refractivity contribution is 0.0457. The van der Waals surface area contributed by atoms with E-state index in [9.17, 15) is 9.59 Å². The second kappa shape index (κ2) is 7.74. The van der Waals surface area contributed by atoms with Crippen LogP contribution in [0.4, 0.5) is 10.5 Å². The van der Waals surface area contributed by atoms with Crippen LogP contribution in [0.3, 0.4) is 0 Å². The fourth-order valence-electron chi connectivity index (χ4n) is 3.84. The molecular formula is C19H26N4O4. The lowest BCUT2D eigenvalue weighted by Crippen LogP contribution is -2.51. The molecule has 2 amide bonds. The Bertz CT molecular complexity index is 860. The molecule has 1 aromatic carbocycles. The normalized spacial score (nSPS) is 19.5. The Balaban J connectivity index is 1.31. The van der Waals surface area contributed by atoms with Crippen molar-refractivity contribution in [3.05, 3.63) is 28.7 Å². The zero-order chi connectivity index (χ0) is 18.8. The van der Waals surface area contributed by atoms with Crippen molar-refractivity contribution in [2.75, 3.05) is 51.3 Å². The van der Waals surface area contributed by atoms with Crippen molar-refractivity contribution < 1.29 is 13.9 Å². The van der Waals surface area contributed by atoms with Crippen molar-refractivity contribution in [1.82, 2.24) is 14.4 Å². The zero-order valence-electron chi connectivity index (χ0n) is 15.6. The molecular weight excluding hydrogens is 348 g/mol. The van der Waals surface area contributed by atoms with Gasteiger partial charge in [-0.05, 0) is 30.9 Å². The minimum absolute atomic E-state index is 0.113. The Morgan fingerprint density at radius 3 is 2.67 bits per heavy atom. The van der Waals surface area contributed by atoms with Crippen LogP contribution >= 0.6 is 0 Å². The molecule has 0 saturated carbocycles. The van der Waals surface area contributed by atoms with Gasteiger partial charge >= 0.3 is 11.8 Å². The molecule has 2 aromatic rings. The first-order valence-corrected chi connectivity index (χ1v) is 9.56. The number of benzene rings is 1. The molecule has 8 nitrogen and oxygen atoms in total. The minimum atomic E-state index is -0.408. The second-order valence-electron chi connectivity index (χ2n) is 7.38. The van der Waals surface area contributed by atoms with Crippen LogP contribution in [0, 0.1) is 5.92 Å². The van der Waals surface area contributed by atoms with Crippen molar-refractivity contribution in [1.29, 1.82) is 0 Å². The van der Waals surface area contributed by atoms with Crippen LogP contribution < -0.4 is 11.1 Å². The van der Waals surface area contributed by atoms with Crippen molar-refractivity contribution in [2.24, 2.45) is 13.0 Å². The van der Waals surface area contributed by atoms with Crippen LogP contribution in [-0.2, 0) is 11.8 Å². The van der Waals surface area contributed by atoms with Gasteiger partial charge in [-0.3, -0.25) is 9.47 Å². The lowest BCUT2D eigenvalue weighted by Gasteiger charge is -2.37. The highest BCUT2D eigenvalue weighted by molar-refractivity contribution is 5.91. The topological polar surface area (TPSA) is 80.0 Å². The fraction of sp³-hybridized carbons (Fsp3) is 0.579. The van der Waals surface area contributed by atoms with Crippen molar-refractivity contribution in [2.45, 2.75) is 12.8 Å². The summed E-state index contributed by atoms with van der Waals surface area (Å²) in [5.74, 6) is 0.306. The molecule has 0 unspecified atom stereocenters. The maximum Gasteiger partial charge on any atom is 0.419 e. The van der Waals surface area contributed by atoms with Crippen molar-refractivity contribution in [3.63, 3.8) is 0 Å². The van der Waals surface area contributed by atoms with Crippen LogP contribution in [0.15, 0.2) is 27.4 Å². The van der Waals surface area contributed by atoms with Gasteiger partial charge < -0.3 is 19.4 Å². The number of ether oxygens (including phenoxy) is 1. The third kappa shape index (κ3) is 4.01. The van der Waals surface area contributed by atoms with E-state index in [4.69, 9.17) is 9.15 Å². The van der Waals surface area contributed by atoms with E-state index in [2.05, 4.69) is 10.2 Å². The summed E-state index contributed by atoms with van der Waals surface area (Å²) in [5, 5.41) is 2.91. The third-order valence-electron chi connectivity index (χ3n) is 5.56. The first-order chi connectivity index (χ1) is 13.1. The summed E-state index contributed by atoms with van der Waals surface area (Å²) >= 11 is 0. The van der Waals surface area contributed by atoms with Gasteiger partial charge in [0.2, 0.25) is 0 Å². The lowest BCUT2D eigenvalue weighted by atomic mass is 9.99. The molecule has 0 radical (unpaired) electrons. The number of carbonyl (C=O) groups excluding carboxylic acids is 1. The molecule has 0 bridgehead atoms. The van der Waals surface area contributed by atoms with Gasteiger partial charge in [-0.2, -0.15) is 0 Å². The number of nitrogens with one attached hydrogen (secondary N) is 1. The SMILES string of the molecule is Cn1c(=O)oc2cc(NC(=O)N3CCN(CC4CCOCC4)CC3)ccc21. The van der Waals surface area contributed by atoms with Gasteiger partial charge in [0, 0.05) is 64.7 Å². The smallest absolute Gasteiger partial charge is 0.408 e. The van der Waals surface area contributed by atoms with Gasteiger partial charge in [0.25, 0.3) is 0 Å². The highest BCUT2D eigenvalue weighted by Crippen LogP contribution is 2.19. The summed E-state index contributed by atoms with van der Waals surface area (Å²) in [7, 11) is 1.66. The number of fused-ring (bicyclic) bond motifs is 1. The highest BCUT2D eigenvalue weighted by Gasteiger charge is 2.24. The van der Waals surface area contributed by atoms with Gasteiger partial charge in [-0.15, -0.1) is 0 Å². The summed E-state index contributed by atoms with van der Waals surface area (Å²) in [5.41, 5.74) is 1.81. The van der Waals surface area contributed by atoms with Crippen LogP contribution in [-0.4, -0.2) is 66.3 Å². The number of rotatable bonds is 3. The number of urea groups is 1. The number of anilines is 1. The van der Waals surface area contributed by atoms with E-state index >= 15 is 0 Å². The first-order valence-electron chi connectivity index (χ1n) is 9.56. The number of oxazole rings is 1. The molecule has 3 heterocycles. The predicted octanol–water partition coefficient (Wildman–Crippen LogP) is 1.71. The largest absolute Gasteiger partial charge is 0.419 e. The molecule has 2 saturated heterocycles. The Labute approximate surface area is 157 Å². The number of amides is 2. The minimum Gasteiger partial charge on any atom is -0.408 e. The second-order valence-corrected chi connectivity index (χ2v) is 7.38. The molecule has 0 spiro atoms. The molecule has 1 aromatic heterocycles. The zero-order valence-corrected chi connectivity index (χ0v) is 15.6. The summed E-state index contributed by atoms with van der Waals surface area (Å²) in [6.45, 7) is 6.09. The van der Waals surface area contributed by atoms with E-state index in [0.29, 0.717) is 22.7 Å². The Kier molecular flexibility index (Phi) is 5.18. The molecule has 4 rings (SSSR count). The first kappa shape index (κ1) is 18.1. The Hall–Kier alpha value is -2.32. The molecule has 1 N–H and O–H groups in total. The summed E-state index contributed by atoms with van der Waals surface area (Å²) in [6.07, 6.45) is 2.28. The van der Waals surface area contributed by atoms with Gasteiger partial charge in [0.15, 0.2) is 5.58 Å². The predicted molar refractivity (Wildman–Crippen MR) is 102 cm³/mol. The van der Waals surface area contributed by atoms with E-state index in [1.807, 2.05) is 4.90 Å². The van der Waals surface area contributed by atoms with Gasteiger partial charge in [0.1, 0.15) is 0 Å². The number of aryl methyl sites for hydroxylation is 1. The van der Waals surface area contributed by atoms with Crippen LogP contribution in [0.2, 0.25) is 0 Å². The Morgan fingerprint density at radius 2 is 1.93 bits per heavy atom. The van der Waals surface area contributed by atoms with Crippen molar-refractivity contribution >= 4 is 22.8 Å². The number of piperazine rings is 1. The molecule has 2 aliphatic rings. The van der Waals surface area contributed by atoms with Gasteiger partial charge in [0.05, 0.1) is 5.52 Å². The maximum atomic E-state index is 12.6. The number of hydrogen-bond acceptors (Lipinski definition) is 5. The quantitative estimate of drug-likeness (QED) is 0.885. The molecule has 27 heavy (non-hydrogen) atoms. The van der Waals surface area contributed by atoms with Crippen molar-refractivity contribution in [3.8, 4) is 0 Å². The maximum absolute atomic E-state index is 12.6. The van der Waals surface area contributed by atoms with Crippen LogP contribution in [0.25, 0.3) is 11.1 Å². The average Bonchev–Trinajstić information content (AvgIpc) is 2.96. The molecule has 2 fully saturated rings. The number of nitrogens with zero attached hydrogens (tertiary/aromatic N) is 3. The third-order valence-corrected chi connectivity index (χ3v) is 5.56. The molecule has 2 aliphatic heterocycles. The summed E-state index contributed by atoms with van der Waals surface area (Å²) < 4.78 is 12.0. The summed E-state index contributed by atoms with van der Waals surface area (Å²) in [6, 6.07) is 5.15. The number of aromatic nitrogens is 1. The highest BCUT2D eigenvalue weighted by atomic mass is 16.5. The fourth-order valence-corrected chi connectivity index (χ4v) is 3.84. The molecule has 0 aliphatic carbocycles. The van der Waals surface area contributed by atoms with Crippen LogP contribution in [0.5, 0.6) is 0 Å². The van der Waals surface area contributed by atoms with Gasteiger partial charge in [-0.25, -0.2) is 9.59 Å². The molecule has 0 atom stereocenters. The summed E-state index contributed by atoms with van der Waals surface area (Å²) in [4.78, 5) is 28.4. The molecule has 8 heteroatoms. The van der Waals surface area contributed by atoms with Gasteiger partial charge in [-0.1, -0.05) is 0 Å². The Morgan fingerprint density at radius 1 is 1.19 bits per heavy atom.